The van der Waals surface area contributed by atoms with Crippen molar-refractivity contribution in [2.45, 2.75) is 18.5 Å². The highest BCUT2D eigenvalue weighted by Crippen LogP contribution is 2.49. The van der Waals surface area contributed by atoms with Crippen molar-refractivity contribution in [3.63, 3.8) is 0 Å². The number of ether oxygens (including phenoxy) is 1. The molecular weight excluding hydrogens is 438 g/mol. The van der Waals surface area contributed by atoms with Crippen LogP contribution in [0.5, 0.6) is 0 Å². The highest BCUT2D eigenvalue weighted by Gasteiger charge is 2.63. The molecule has 2 amide bonds. The van der Waals surface area contributed by atoms with Crippen LogP contribution in [0, 0.1) is 22.0 Å². The molecule has 0 aliphatic carbocycles. The monoisotopic (exact) mass is 461 g/mol. The minimum absolute atomic E-state index is 0.124. The number of hydrogen-bond donors (Lipinski definition) is 0. The lowest BCUT2D eigenvalue weighted by Crippen LogP contribution is -2.48. The molecule has 4 atom stereocenters. The Kier molecular flexibility index (Phi) is 5.49. The van der Waals surface area contributed by atoms with Gasteiger partial charge in [-0.1, -0.05) is 30.4 Å². The Hall–Kier alpha value is -3.85. The highest BCUT2D eigenvalue weighted by atomic mass is 16.6. The number of methoxy groups -OCH3 is 1. The Balaban J connectivity index is 1.57. The van der Waals surface area contributed by atoms with Gasteiger partial charge < -0.3 is 9.64 Å². The maximum Gasteiger partial charge on any atom is 0.269 e. The van der Waals surface area contributed by atoms with E-state index in [-0.39, 0.29) is 35.4 Å². The number of non-ortho nitro benzene ring substituents is 1. The smallest absolute Gasteiger partial charge is 0.269 e. The van der Waals surface area contributed by atoms with Gasteiger partial charge in [-0.15, -0.1) is 0 Å². The summed E-state index contributed by atoms with van der Waals surface area (Å²) in [5.74, 6) is -2.47. The molecule has 9 heteroatoms. The molecule has 0 saturated carbocycles. The van der Waals surface area contributed by atoms with Crippen LogP contribution >= 0.6 is 0 Å². The standard InChI is InChI=1S/C25H23N3O6/c1-34-14-4-13-26-24(30)20-19-12-9-15-5-2-3-6-18(15)27(19)22(21(20)25(26)31)23(29)16-7-10-17(11-8-16)28(32)33/h2-3,5-12,19-22H,4,13-14H2,1H3/t19-,20+,21+,22-/m0/s1. The van der Waals surface area contributed by atoms with E-state index in [1.165, 1.54) is 29.2 Å². The van der Waals surface area contributed by atoms with Crippen LogP contribution in [-0.2, 0) is 14.3 Å². The number of Topliss-reactive ketones (excluding diaryl/α,β-unsaturated/α-hetero) is 1. The molecule has 3 aliphatic heterocycles. The number of hydrogen-bond acceptors (Lipinski definition) is 7. The molecule has 3 heterocycles. The van der Waals surface area contributed by atoms with Crippen LogP contribution in [0.15, 0.2) is 54.6 Å². The summed E-state index contributed by atoms with van der Waals surface area (Å²) in [6.45, 7) is 0.657. The molecule has 2 aromatic carbocycles. The van der Waals surface area contributed by atoms with Crippen molar-refractivity contribution in [3.8, 4) is 0 Å². The van der Waals surface area contributed by atoms with E-state index in [9.17, 15) is 24.5 Å². The van der Waals surface area contributed by atoms with Crippen molar-refractivity contribution >= 4 is 35.0 Å². The van der Waals surface area contributed by atoms with Gasteiger partial charge in [0, 0.05) is 43.6 Å². The molecule has 3 aliphatic rings. The van der Waals surface area contributed by atoms with E-state index in [4.69, 9.17) is 4.74 Å². The number of imide groups is 1. The minimum Gasteiger partial charge on any atom is -0.385 e. The van der Waals surface area contributed by atoms with Gasteiger partial charge in [-0.05, 0) is 30.2 Å². The van der Waals surface area contributed by atoms with E-state index in [0.717, 1.165) is 11.3 Å². The fraction of sp³-hybridized carbons (Fsp3) is 0.320. The minimum atomic E-state index is -0.897. The number of amides is 2. The summed E-state index contributed by atoms with van der Waals surface area (Å²) >= 11 is 0. The second-order valence-corrected chi connectivity index (χ2v) is 8.65. The number of fused-ring (bicyclic) bond motifs is 5. The first-order chi connectivity index (χ1) is 16.4. The zero-order valence-electron chi connectivity index (χ0n) is 18.5. The predicted octanol–water partition coefficient (Wildman–Crippen LogP) is 2.70. The first kappa shape index (κ1) is 22.0. The number of nitro groups is 1. The van der Waals surface area contributed by atoms with Crippen LogP contribution in [0.25, 0.3) is 6.08 Å². The Bertz CT molecular complexity index is 1210. The van der Waals surface area contributed by atoms with Crippen molar-refractivity contribution in [3.05, 3.63) is 75.8 Å². The van der Waals surface area contributed by atoms with Crippen LogP contribution in [0.2, 0.25) is 0 Å². The zero-order valence-corrected chi connectivity index (χ0v) is 18.5. The molecule has 174 valence electrons. The maximum atomic E-state index is 13.8. The lowest BCUT2D eigenvalue weighted by molar-refractivity contribution is -0.384. The number of benzene rings is 2. The number of likely N-dealkylation sites (tertiary alicyclic amines) is 1. The van der Waals surface area contributed by atoms with Gasteiger partial charge in [0.05, 0.1) is 22.8 Å². The lowest BCUT2D eigenvalue weighted by Gasteiger charge is -2.36. The van der Waals surface area contributed by atoms with E-state index >= 15 is 0 Å². The predicted molar refractivity (Wildman–Crippen MR) is 123 cm³/mol. The largest absolute Gasteiger partial charge is 0.385 e. The van der Waals surface area contributed by atoms with E-state index in [1.54, 1.807) is 7.11 Å². The molecular formula is C25H23N3O6. The van der Waals surface area contributed by atoms with Crippen LogP contribution in [-0.4, -0.2) is 59.8 Å². The molecule has 9 nitrogen and oxygen atoms in total. The topological polar surface area (TPSA) is 110 Å². The molecule has 2 fully saturated rings. The molecule has 0 spiro atoms. The molecule has 5 rings (SSSR count). The van der Waals surface area contributed by atoms with Gasteiger partial charge in [0.1, 0.15) is 6.04 Å². The van der Waals surface area contributed by atoms with Crippen molar-refractivity contribution in [1.82, 2.24) is 4.90 Å². The molecule has 0 unspecified atom stereocenters. The van der Waals surface area contributed by atoms with Crippen LogP contribution in [0.4, 0.5) is 11.4 Å². The van der Waals surface area contributed by atoms with Gasteiger partial charge in [-0.3, -0.25) is 29.4 Å². The molecule has 0 bridgehead atoms. The van der Waals surface area contributed by atoms with Crippen molar-refractivity contribution in [2.75, 3.05) is 25.2 Å². The first-order valence-corrected chi connectivity index (χ1v) is 11.1. The summed E-state index contributed by atoms with van der Waals surface area (Å²) in [5, 5.41) is 11.0. The van der Waals surface area contributed by atoms with Crippen molar-refractivity contribution in [2.24, 2.45) is 11.8 Å². The van der Waals surface area contributed by atoms with Crippen molar-refractivity contribution in [1.29, 1.82) is 0 Å². The molecule has 2 aromatic rings. The number of carbonyl (C=O) groups is 3. The average Bonchev–Trinajstić information content (AvgIpc) is 3.32. The average molecular weight is 461 g/mol. The highest BCUT2D eigenvalue weighted by molar-refractivity contribution is 6.14. The number of anilines is 1. The SMILES string of the molecule is COCCCN1C(=O)[C@@H]2[C@H](C1=O)[C@@H]1C=Cc3ccccc3N1[C@@H]2C(=O)c1ccc([N+](=O)[O-])cc1. The van der Waals surface area contributed by atoms with E-state index in [2.05, 4.69) is 0 Å². The number of nitrogens with zero attached hydrogens (tertiary/aromatic N) is 3. The summed E-state index contributed by atoms with van der Waals surface area (Å²) in [7, 11) is 1.56. The summed E-state index contributed by atoms with van der Waals surface area (Å²) in [4.78, 5) is 54.4. The van der Waals surface area contributed by atoms with Gasteiger partial charge in [0.2, 0.25) is 11.8 Å². The van der Waals surface area contributed by atoms with Gasteiger partial charge >= 0.3 is 0 Å². The number of para-hydroxylation sites is 1. The Morgan fingerprint density at radius 2 is 1.76 bits per heavy atom. The van der Waals surface area contributed by atoms with Gasteiger partial charge in [0.25, 0.3) is 5.69 Å². The van der Waals surface area contributed by atoms with Gasteiger partial charge in [-0.2, -0.15) is 0 Å². The Labute approximate surface area is 195 Å². The summed E-state index contributed by atoms with van der Waals surface area (Å²) in [6.07, 6.45) is 4.34. The number of carbonyl (C=O) groups excluding carboxylic acids is 3. The fourth-order valence-corrected chi connectivity index (χ4v) is 5.38. The Morgan fingerprint density at radius 1 is 1.06 bits per heavy atom. The third-order valence-electron chi connectivity index (χ3n) is 6.87. The summed E-state index contributed by atoms with van der Waals surface area (Å²) in [5.41, 5.74) is 1.83. The van der Waals surface area contributed by atoms with Gasteiger partial charge in [0.15, 0.2) is 5.78 Å². The van der Waals surface area contributed by atoms with E-state index in [1.807, 2.05) is 41.3 Å². The third kappa shape index (κ3) is 3.31. The normalized spacial score (nSPS) is 24.7. The second kappa shape index (κ2) is 8.49. The quantitative estimate of drug-likeness (QED) is 0.205. The van der Waals surface area contributed by atoms with Crippen molar-refractivity contribution < 1.29 is 24.0 Å². The third-order valence-corrected chi connectivity index (χ3v) is 6.87. The lowest BCUT2D eigenvalue weighted by atomic mass is 9.86. The maximum absolute atomic E-state index is 13.8. The zero-order chi connectivity index (χ0) is 24.0. The molecule has 2 saturated heterocycles. The van der Waals surface area contributed by atoms with Crippen LogP contribution < -0.4 is 4.90 Å². The molecule has 0 N–H and O–H groups in total. The number of ketones is 1. The van der Waals surface area contributed by atoms with Crippen LogP contribution in [0.1, 0.15) is 22.3 Å². The first-order valence-electron chi connectivity index (χ1n) is 11.1. The van der Waals surface area contributed by atoms with Crippen LogP contribution in [0.3, 0.4) is 0 Å². The molecule has 34 heavy (non-hydrogen) atoms. The molecule has 0 radical (unpaired) electrons. The van der Waals surface area contributed by atoms with E-state index < -0.39 is 28.8 Å². The number of nitro benzene ring substituents is 1. The number of rotatable bonds is 7. The summed E-state index contributed by atoms with van der Waals surface area (Å²) < 4.78 is 5.06. The van der Waals surface area contributed by atoms with Gasteiger partial charge in [-0.25, -0.2) is 0 Å². The fourth-order valence-electron chi connectivity index (χ4n) is 5.38. The second-order valence-electron chi connectivity index (χ2n) is 8.65. The molecule has 0 aromatic heterocycles. The summed E-state index contributed by atoms with van der Waals surface area (Å²) in [6, 6.07) is 11.6. The Morgan fingerprint density at radius 3 is 2.47 bits per heavy atom. The van der Waals surface area contributed by atoms with E-state index in [0.29, 0.717) is 13.0 Å².